The lowest BCUT2D eigenvalue weighted by Gasteiger charge is -2.45. The van der Waals surface area contributed by atoms with Crippen LogP contribution in [0.5, 0.6) is 0 Å². The Labute approximate surface area is 129 Å². The zero-order chi connectivity index (χ0) is 15.4. The minimum absolute atomic E-state index is 0.400. The largest absolute Gasteiger partial charge is 0.383 e. The zero-order valence-corrected chi connectivity index (χ0v) is 14.1. The highest BCUT2D eigenvalue weighted by Crippen LogP contribution is 2.39. The molecule has 3 nitrogen and oxygen atoms in total. The van der Waals surface area contributed by atoms with E-state index in [9.17, 15) is 0 Å². The quantitative estimate of drug-likeness (QED) is 0.871. The van der Waals surface area contributed by atoms with Crippen molar-refractivity contribution in [1.82, 2.24) is 10.2 Å². The molecule has 0 heterocycles. The second-order valence-electron chi connectivity index (χ2n) is 6.23. The Kier molecular flexibility index (Phi) is 5.80. The molecule has 4 atom stereocenters. The Morgan fingerprint density at radius 1 is 1.33 bits per heavy atom. The second-order valence-corrected chi connectivity index (χ2v) is 6.23. The lowest BCUT2D eigenvalue weighted by molar-refractivity contribution is 0.0500. The number of benzene rings is 1. The van der Waals surface area contributed by atoms with Crippen LogP contribution in [-0.2, 0) is 4.74 Å². The molecule has 1 aliphatic rings. The average molecular weight is 290 g/mol. The Morgan fingerprint density at radius 2 is 2.00 bits per heavy atom. The van der Waals surface area contributed by atoms with Crippen molar-refractivity contribution in [3.8, 4) is 0 Å². The highest BCUT2D eigenvalue weighted by molar-refractivity contribution is 5.36. The van der Waals surface area contributed by atoms with Gasteiger partial charge in [-0.1, -0.05) is 38.1 Å². The number of hydrogen-bond donors (Lipinski definition) is 1. The molecule has 0 bridgehead atoms. The zero-order valence-electron chi connectivity index (χ0n) is 14.1. The van der Waals surface area contributed by atoms with Crippen LogP contribution in [0.15, 0.2) is 24.3 Å². The maximum Gasteiger partial charge on any atom is 0.0615 e. The molecule has 0 spiro atoms. The van der Waals surface area contributed by atoms with Crippen LogP contribution in [0.3, 0.4) is 0 Å². The summed E-state index contributed by atoms with van der Waals surface area (Å²) in [6, 6.07) is 10.3. The van der Waals surface area contributed by atoms with Gasteiger partial charge in [-0.15, -0.1) is 0 Å². The van der Waals surface area contributed by atoms with E-state index < -0.39 is 0 Å². The third-order valence-corrected chi connectivity index (χ3v) is 4.92. The van der Waals surface area contributed by atoms with Gasteiger partial charge in [0.25, 0.3) is 0 Å². The number of hydrogen-bond acceptors (Lipinski definition) is 3. The molecule has 4 unspecified atom stereocenters. The third kappa shape index (κ3) is 3.31. The van der Waals surface area contributed by atoms with E-state index in [1.54, 1.807) is 7.11 Å². The van der Waals surface area contributed by atoms with Gasteiger partial charge in [0, 0.05) is 25.2 Å². The predicted molar refractivity (Wildman–Crippen MR) is 88.8 cm³/mol. The fourth-order valence-corrected chi connectivity index (χ4v) is 3.96. The Bertz CT molecular complexity index is 449. The average Bonchev–Trinajstić information content (AvgIpc) is 2.49. The summed E-state index contributed by atoms with van der Waals surface area (Å²) >= 11 is 0. The number of nitrogens with one attached hydrogen (secondary N) is 1. The smallest absolute Gasteiger partial charge is 0.0615 e. The summed E-state index contributed by atoms with van der Waals surface area (Å²) in [5, 5.41) is 3.56. The highest BCUT2D eigenvalue weighted by Gasteiger charge is 2.36. The topological polar surface area (TPSA) is 24.5 Å². The molecule has 0 saturated carbocycles. The van der Waals surface area contributed by atoms with Gasteiger partial charge in [0.2, 0.25) is 0 Å². The van der Waals surface area contributed by atoms with Crippen molar-refractivity contribution in [3.05, 3.63) is 35.4 Å². The molecular weight excluding hydrogens is 260 g/mol. The van der Waals surface area contributed by atoms with Gasteiger partial charge in [0.05, 0.1) is 6.61 Å². The summed E-state index contributed by atoms with van der Waals surface area (Å²) in [6.45, 7) is 8.72. The molecule has 0 amide bonds. The van der Waals surface area contributed by atoms with Crippen LogP contribution in [0.25, 0.3) is 0 Å². The maximum atomic E-state index is 5.38. The van der Waals surface area contributed by atoms with Crippen LogP contribution in [0, 0.1) is 0 Å². The van der Waals surface area contributed by atoms with Gasteiger partial charge in [0.15, 0.2) is 0 Å². The third-order valence-electron chi connectivity index (χ3n) is 4.92. The number of nitrogens with zero attached hydrogens (tertiary/aromatic N) is 1. The first-order valence-electron chi connectivity index (χ1n) is 8.14. The van der Waals surface area contributed by atoms with E-state index in [0.29, 0.717) is 24.0 Å². The molecule has 21 heavy (non-hydrogen) atoms. The number of rotatable bonds is 6. The van der Waals surface area contributed by atoms with Crippen molar-refractivity contribution >= 4 is 0 Å². The van der Waals surface area contributed by atoms with Gasteiger partial charge in [0.1, 0.15) is 0 Å². The summed E-state index contributed by atoms with van der Waals surface area (Å²) in [4.78, 5) is 2.59. The second kappa shape index (κ2) is 7.39. The van der Waals surface area contributed by atoms with Gasteiger partial charge >= 0.3 is 0 Å². The summed E-state index contributed by atoms with van der Waals surface area (Å²) < 4.78 is 5.38. The van der Waals surface area contributed by atoms with Crippen molar-refractivity contribution < 1.29 is 4.74 Å². The lowest BCUT2D eigenvalue weighted by atomic mass is 9.77. The van der Waals surface area contributed by atoms with Crippen molar-refractivity contribution in [2.45, 2.75) is 51.2 Å². The Morgan fingerprint density at radius 3 is 2.57 bits per heavy atom. The van der Waals surface area contributed by atoms with Crippen LogP contribution in [0.1, 0.15) is 50.3 Å². The summed E-state index contributed by atoms with van der Waals surface area (Å²) in [7, 11) is 3.87. The fourth-order valence-electron chi connectivity index (χ4n) is 3.96. The molecule has 1 aliphatic carbocycles. The van der Waals surface area contributed by atoms with Gasteiger partial charge in [-0.2, -0.15) is 0 Å². The van der Waals surface area contributed by atoms with Gasteiger partial charge in [-0.3, -0.25) is 4.90 Å². The molecule has 2 rings (SSSR count). The predicted octanol–water partition coefficient (Wildman–Crippen LogP) is 3.18. The van der Waals surface area contributed by atoms with E-state index in [4.69, 9.17) is 4.74 Å². The van der Waals surface area contributed by atoms with Crippen LogP contribution in [0.2, 0.25) is 0 Å². The summed E-state index contributed by atoms with van der Waals surface area (Å²) in [6.07, 6.45) is 1.20. The fraction of sp³-hybridized carbons (Fsp3) is 0.667. The first kappa shape index (κ1) is 16.5. The molecule has 1 N–H and O–H groups in total. The van der Waals surface area contributed by atoms with Crippen LogP contribution in [0.4, 0.5) is 0 Å². The first-order chi connectivity index (χ1) is 10.1. The van der Waals surface area contributed by atoms with E-state index in [2.05, 4.69) is 62.3 Å². The summed E-state index contributed by atoms with van der Waals surface area (Å²) in [5.74, 6) is 0.611. The lowest BCUT2D eigenvalue weighted by Crippen LogP contribution is -2.51. The van der Waals surface area contributed by atoms with Gasteiger partial charge in [-0.25, -0.2) is 0 Å². The van der Waals surface area contributed by atoms with Crippen LogP contribution < -0.4 is 5.32 Å². The van der Waals surface area contributed by atoms with E-state index in [1.165, 1.54) is 17.5 Å². The molecule has 0 fully saturated rings. The van der Waals surface area contributed by atoms with Crippen LogP contribution in [-0.4, -0.2) is 44.3 Å². The minimum Gasteiger partial charge on any atom is -0.383 e. The minimum atomic E-state index is 0.400. The van der Waals surface area contributed by atoms with E-state index in [1.807, 2.05) is 0 Å². The normalized spacial score (nSPS) is 26.7. The molecular formula is C18H30N2O. The van der Waals surface area contributed by atoms with Crippen LogP contribution >= 0.6 is 0 Å². The van der Waals surface area contributed by atoms with E-state index in [-0.39, 0.29) is 0 Å². The number of methoxy groups -OCH3 is 1. The maximum absolute atomic E-state index is 5.38. The van der Waals surface area contributed by atoms with E-state index >= 15 is 0 Å². The SMILES string of the molecule is CCN(C(C)COC)C1CC(C)c2ccccc2C1NC. The van der Waals surface area contributed by atoms with Crippen molar-refractivity contribution in [2.24, 2.45) is 0 Å². The van der Waals surface area contributed by atoms with Crippen molar-refractivity contribution in [1.29, 1.82) is 0 Å². The van der Waals surface area contributed by atoms with Gasteiger partial charge < -0.3 is 10.1 Å². The van der Waals surface area contributed by atoms with Crippen molar-refractivity contribution in [3.63, 3.8) is 0 Å². The molecule has 1 aromatic rings. The molecule has 1 aromatic carbocycles. The molecule has 0 radical (unpaired) electrons. The molecule has 3 heteroatoms. The summed E-state index contributed by atoms with van der Waals surface area (Å²) in [5.41, 5.74) is 2.97. The van der Waals surface area contributed by atoms with Gasteiger partial charge in [-0.05, 0) is 44.0 Å². The first-order valence-corrected chi connectivity index (χ1v) is 8.14. The Hall–Kier alpha value is -0.900. The molecule has 118 valence electrons. The molecule has 0 saturated heterocycles. The monoisotopic (exact) mass is 290 g/mol. The Balaban J connectivity index is 2.31. The molecule has 0 aliphatic heterocycles. The standard InChI is InChI=1S/C18H30N2O/c1-6-20(14(3)12-21-5)17-11-13(2)15-9-7-8-10-16(15)18(17)19-4/h7-10,13-14,17-19H,6,11-12H2,1-5H3. The number of fused-ring (bicyclic) bond motifs is 1. The van der Waals surface area contributed by atoms with E-state index in [0.717, 1.165) is 13.2 Å². The number of likely N-dealkylation sites (N-methyl/N-ethyl adjacent to an activating group) is 2. The number of ether oxygens (including phenoxy) is 1. The molecule has 0 aromatic heterocycles. The van der Waals surface area contributed by atoms with Crippen molar-refractivity contribution in [2.75, 3.05) is 27.3 Å². The highest BCUT2D eigenvalue weighted by atomic mass is 16.5.